The van der Waals surface area contributed by atoms with Crippen LogP contribution in [0.25, 0.3) is 6.08 Å². The van der Waals surface area contributed by atoms with Gasteiger partial charge in [0.2, 0.25) is 0 Å². The number of furan rings is 1. The van der Waals surface area contributed by atoms with Crippen LogP contribution in [0, 0.1) is 11.3 Å². The molecule has 2 aromatic carbocycles. The third-order valence-corrected chi connectivity index (χ3v) is 5.70. The van der Waals surface area contributed by atoms with Gasteiger partial charge in [-0.1, -0.05) is 52.0 Å². The first-order valence-electron chi connectivity index (χ1n) is 7.76. The highest BCUT2D eigenvalue weighted by molar-refractivity contribution is 9.10. The second-order valence-corrected chi connectivity index (χ2v) is 8.15. The molecule has 0 unspecified atom stereocenters. The Labute approximate surface area is 177 Å². The van der Waals surface area contributed by atoms with Crippen molar-refractivity contribution in [3.05, 3.63) is 80.9 Å². The molecule has 4 nitrogen and oxygen atoms in total. The SMILES string of the molecule is N#C/C(=C/c1cc(Br)c(Sc2ccccc2)o1)C(=O)Nc1cccc(Br)c1. The van der Waals surface area contributed by atoms with Crippen LogP contribution in [0.2, 0.25) is 0 Å². The van der Waals surface area contributed by atoms with E-state index in [0.29, 0.717) is 16.5 Å². The fourth-order valence-corrected chi connectivity index (χ4v) is 3.91. The smallest absolute Gasteiger partial charge is 0.266 e. The van der Waals surface area contributed by atoms with E-state index in [-0.39, 0.29) is 5.57 Å². The Morgan fingerprint density at radius 3 is 2.59 bits per heavy atom. The van der Waals surface area contributed by atoms with Crippen LogP contribution >= 0.6 is 43.6 Å². The number of amides is 1. The molecule has 1 heterocycles. The summed E-state index contributed by atoms with van der Waals surface area (Å²) in [5.74, 6) is -0.0818. The van der Waals surface area contributed by atoms with Crippen molar-refractivity contribution in [2.75, 3.05) is 5.32 Å². The van der Waals surface area contributed by atoms with E-state index >= 15 is 0 Å². The van der Waals surface area contributed by atoms with Crippen LogP contribution in [0.4, 0.5) is 5.69 Å². The van der Waals surface area contributed by atoms with E-state index in [1.807, 2.05) is 42.5 Å². The van der Waals surface area contributed by atoms with Crippen LogP contribution in [0.5, 0.6) is 0 Å². The minimum Gasteiger partial charge on any atom is -0.449 e. The van der Waals surface area contributed by atoms with Gasteiger partial charge < -0.3 is 9.73 Å². The van der Waals surface area contributed by atoms with Gasteiger partial charge in [-0.3, -0.25) is 4.79 Å². The maximum Gasteiger partial charge on any atom is 0.266 e. The number of anilines is 1. The molecule has 0 aliphatic heterocycles. The third kappa shape index (κ3) is 5.36. The fourth-order valence-electron chi connectivity index (χ4n) is 2.16. The van der Waals surface area contributed by atoms with Crippen molar-refractivity contribution in [2.24, 2.45) is 0 Å². The molecule has 1 aromatic heterocycles. The van der Waals surface area contributed by atoms with E-state index < -0.39 is 5.91 Å². The normalized spacial score (nSPS) is 11.1. The summed E-state index contributed by atoms with van der Waals surface area (Å²) in [5.41, 5.74) is 0.545. The Kier molecular flexibility index (Phi) is 6.56. The Hall–Kier alpha value is -2.27. The van der Waals surface area contributed by atoms with Gasteiger partial charge in [0.25, 0.3) is 5.91 Å². The Bertz CT molecular complexity index is 1040. The molecule has 0 saturated heterocycles. The molecule has 3 rings (SSSR count). The maximum absolute atomic E-state index is 12.4. The summed E-state index contributed by atoms with van der Waals surface area (Å²) in [5, 5.41) is 12.7. The zero-order valence-corrected chi connectivity index (χ0v) is 17.8. The van der Waals surface area contributed by atoms with Crippen LogP contribution in [0.15, 0.2) is 89.6 Å². The number of nitrogens with one attached hydrogen (secondary N) is 1. The molecule has 0 saturated carbocycles. The molecular formula is C20H12Br2N2O2S. The lowest BCUT2D eigenvalue weighted by atomic mass is 10.2. The van der Waals surface area contributed by atoms with Crippen molar-refractivity contribution >= 4 is 61.3 Å². The monoisotopic (exact) mass is 502 g/mol. The molecule has 27 heavy (non-hydrogen) atoms. The van der Waals surface area contributed by atoms with Crippen molar-refractivity contribution in [2.45, 2.75) is 9.99 Å². The summed E-state index contributed by atoms with van der Waals surface area (Å²) in [6, 6.07) is 20.6. The molecular weight excluding hydrogens is 492 g/mol. The Morgan fingerprint density at radius 2 is 1.89 bits per heavy atom. The molecule has 1 amide bonds. The molecule has 0 bridgehead atoms. The maximum atomic E-state index is 12.4. The van der Waals surface area contributed by atoms with E-state index in [2.05, 4.69) is 37.2 Å². The van der Waals surface area contributed by atoms with Gasteiger partial charge >= 0.3 is 0 Å². The van der Waals surface area contributed by atoms with Crippen LogP contribution in [0.1, 0.15) is 5.76 Å². The lowest BCUT2D eigenvalue weighted by Crippen LogP contribution is -2.13. The van der Waals surface area contributed by atoms with Gasteiger partial charge in [-0.05, 0) is 52.3 Å². The quantitative estimate of drug-likeness (QED) is 0.318. The second-order valence-electron chi connectivity index (χ2n) is 5.33. The van der Waals surface area contributed by atoms with Gasteiger partial charge in [0.05, 0.1) is 4.47 Å². The van der Waals surface area contributed by atoms with Gasteiger partial charge in [-0.2, -0.15) is 5.26 Å². The molecule has 0 atom stereocenters. The summed E-state index contributed by atoms with van der Waals surface area (Å²) in [6.45, 7) is 0. The van der Waals surface area contributed by atoms with Crippen molar-refractivity contribution in [1.82, 2.24) is 0 Å². The summed E-state index contributed by atoms with van der Waals surface area (Å²) >= 11 is 8.25. The van der Waals surface area contributed by atoms with Crippen molar-refractivity contribution in [1.29, 1.82) is 5.26 Å². The predicted molar refractivity (Wildman–Crippen MR) is 113 cm³/mol. The van der Waals surface area contributed by atoms with Gasteiger partial charge in [0.1, 0.15) is 17.4 Å². The standard InChI is InChI=1S/C20H12Br2N2O2S/c21-14-5-4-6-15(10-14)24-19(25)13(12-23)9-16-11-18(22)20(26-16)27-17-7-2-1-3-8-17/h1-11H,(H,24,25)/b13-9-. The average Bonchev–Trinajstić information content (AvgIpc) is 2.99. The van der Waals surface area contributed by atoms with Gasteiger partial charge in [0.15, 0.2) is 5.09 Å². The van der Waals surface area contributed by atoms with E-state index in [9.17, 15) is 10.1 Å². The van der Waals surface area contributed by atoms with Crippen LogP contribution in [-0.2, 0) is 4.79 Å². The van der Waals surface area contributed by atoms with Crippen molar-refractivity contribution < 1.29 is 9.21 Å². The number of halogens is 2. The van der Waals surface area contributed by atoms with Crippen molar-refractivity contribution in [3.63, 3.8) is 0 Å². The zero-order valence-electron chi connectivity index (χ0n) is 13.8. The molecule has 0 spiro atoms. The highest BCUT2D eigenvalue weighted by Gasteiger charge is 2.14. The number of carbonyl (C=O) groups excluding carboxylic acids is 1. The number of rotatable bonds is 5. The molecule has 0 radical (unpaired) electrons. The first kappa shape index (κ1) is 19.5. The Balaban J connectivity index is 1.78. The third-order valence-electron chi connectivity index (χ3n) is 3.36. The lowest BCUT2D eigenvalue weighted by molar-refractivity contribution is -0.112. The van der Waals surface area contributed by atoms with Gasteiger partial charge in [-0.15, -0.1) is 0 Å². The summed E-state index contributed by atoms with van der Waals surface area (Å²) < 4.78 is 7.36. The minimum atomic E-state index is -0.500. The predicted octanol–water partition coefficient (Wildman–Crippen LogP) is 6.50. The van der Waals surface area contributed by atoms with E-state index in [1.54, 1.807) is 24.3 Å². The molecule has 3 aromatic rings. The largest absolute Gasteiger partial charge is 0.449 e. The summed E-state index contributed by atoms with van der Waals surface area (Å²) in [7, 11) is 0. The number of hydrogen-bond acceptors (Lipinski definition) is 4. The molecule has 134 valence electrons. The van der Waals surface area contributed by atoms with E-state index in [0.717, 1.165) is 13.8 Å². The Morgan fingerprint density at radius 1 is 1.11 bits per heavy atom. The van der Waals surface area contributed by atoms with Crippen LogP contribution < -0.4 is 5.32 Å². The molecule has 1 N–H and O–H groups in total. The molecule has 0 fully saturated rings. The van der Waals surface area contributed by atoms with Crippen LogP contribution in [0.3, 0.4) is 0 Å². The van der Waals surface area contributed by atoms with Gasteiger partial charge in [0, 0.05) is 21.1 Å². The van der Waals surface area contributed by atoms with Crippen LogP contribution in [-0.4, -0.2) is 5.91 Å². The molecule has 7 heteroatoms. The second kappa shape index (κ2) is 9.09. The van der Waals surface area contributed by atoms with Crippen molar-refractivity contribution in [3.8, 4) is 6.07 Å². The minimum absolute atomic E-state index is 0.0486. The number of nitrogens with zero attached hydrogens (tertiary/aromatic N) is 1. The van der Waals surface area contributed by atoms with Gasteiger partial charge in [-0.25, -0.2) is 0 Å². The molecule has 0 aliphatic rings. The lowest BCUT2D eigenvalue weighted by Gasteiger charge is -2.04. The van der Waals surface area contributed by atoms with E-state index in [4.69, 9.17) is 4.42 Å². The summed E-state index contributed by atoms with van der Waals surface area (Å²) in [4.78, 5) is 13.4. The number of carbonyl (C=O) groups is 1. The number of hydrogen-bond donors (Lipinski definition) is 1. The zero-order chi connectivity index (χ0) is 19.2. The fraction of sp³-hybridized carbons (Fsp3) is 0. The summed E-state index contributed by atoms with van der Waals surface area (Å²) in [6.07, 6.45) is 1.42. The molecule has 0 aliphatic carbocycles. The average molecular weight is 504 g/mol. The first-order valence-corrected chi connectivity index (χ1v) is 10.2. The first-order chi connectivity index (χ1) is 13.0. The van der Waals surface area contributed by atoms with E-state index in [1.165, 1.54) is 17.8 Å². The number of benzene rings is 2. The number of nitriles is 1. The highest BCUT2D eigenvalue weighted by Crippen LogP contribution is 2.36. The topological polar surface area (TPSA) is 66.0 Å². The highest BCUT2D eigenvalue weighted by atomic mass is 79.9.